The van der Waals surface area contributed by atoms with Gasteiger partial charge < -0.3 is 10.1 Å². The van der Waals surface area contributed by atoms with E-state index in [0.29, 0.717) is 6.04 Å². The topological polar surface area (TPSA) is 21.3 Å². The van der Waals surface area contributed by atoms with E-state index >= 15 is 0 Å². The zero-order valence-electron chi connectivity index (χ0n) is 9.51. The summed E-state index contributed by atoms with van der Waals surface area (Å²) in [6, 6.07) is 6.70. The Kier molecular flexibility index (Phi) is 5.12. The summed E-state index contributed by atoms with van der Waals surface area (Å²) in [5.74, 6) is 0. The molecule has 0 aromatic heterocycles. The summed E-state index contributed by atoms with van der Waals surface area (Å²) in [7, 11) is 1.73. The van der Waals surface area contributed by atoms with Crippen molar-refractivity contribution >= 4 is 21.6 Å². The Bertz CT molecular complexity index is 314. The van der Waals surface area contributed by atoms with E-state index in [1.165, 1.54) is 11.3 Å². The molecule has 3 heteroatoms. The number of nitrogens with one attached hydrogen (secondary N) is 1. The lowest BCUT2D eigenvalue weighted by atomic mass is 10.1. The normalized spacial score (nSPS) is 12.5. The van der Waals surface area contributed by atoms with Crippen LogP contribution in [0.5, 0.6) is 0 Å². The molecule has 0 amide bonds. The second-order valence-electron chi connectivity index (χ2n) is 3.79. The number of methoxy groups -OCH3 is 1. The zero-order chi connectivity index (χ0) is 11.3. The Morgan fingerprint density at radius 2 is 2.20 bits per heavy atom. The minimum Gasteiger partial charge on any atom is -0.385 e. The van der Waals surface area contributed by atoms with Gasteiger partial charge >= 0.3 is 0 Å². The van der Waals surface area contributed by atoms with E-state index in [2.05, 4.69) is 53.3 Å². The van der Waals surface area contributed by atoms with E-state index in [9.17, 15) is 0 Å². The molecule has 1 rings (SSSR count). The summed E-state index contributed by atoms with van der Waals surface area (Å²) in [6.07, 6.45) is 1.02. The third kappa shape index (κ3) is 4.22. The van der Waals surface area contributed by atoms with Crippen molar-refractivity contribution in [2.75, 3.05) is 19.0 Å². The standard InChI is InChI=1S/C12H18BrNO/c1-9-4-5-11(13)8-12(9)14-10(2)6-7-15-3/h4-5,8,10,14H,6-7H2,1-3H3. The van der Waals surface area contributed by atoms with Crippen molar-refractivity contribution < 1.29 is 4.74 Å². The largest absolute Gasteiger partial charge is 0.385 e. The number of anilines is 1. The van der Waals surface area contributed by atoms with E-state index in [4.69, 9.17) is 4.74 Å². The fraction of sp³-hybridized carbons (Fsp3) is 0.500. The highest BCUT2D eigenvalue weighted by Crippen LogP contribution is 2.21. The van der Waals surface area contributed by atoms with Gasteiger partial charge in [0.15, 0.2) is 0 Å². The lowest BCUT2D eigenvalue weighted by Gasteiger charge is -2.16. The highest BCUT2D eigenvalue weighted by atomic mass is 79.9. The van der Waals surface area contributed by atoms with Crippen LogP contribution in [0.4, 0.5) is 5.69 Å². The molecule has 0 heterocycles. The molecule has 0 aliphatic heterocycles. The molecule has 0 aliphatic rings. The molecule has 0 spiro atoms. The molecule has 1 aromatic carbocycles. The van der Waals surface area contributed by atoms with Crippen LogP contribution in [0.1, 0.15) is 18.9 Å². The molecule has 84 valence electrons. The van der Waals surface area contributed by atoms with Crippen molar-refractivity contribution in [2.45, 2.75) is 26.3 Å². The van der Waals surface area contributed by atoms with Crippen LogP contribution in [0.2, 0.25) is 0 Å². The van der Waals surface area contributed by atoms with Gasteiger partial charge in [-0.1, -0.05) is 22.0 Å². The van der Waals surface area contributed by atoms with Gasteiger partial charge in [0.1, 0.15) is 0 Å². The van der Waals surface area contributed by atoms with Crippen molar-refractivity contribution in [2.24, 2.45) is 0 Å². The van der Waals surface area contributed by atoms with Crippen LogP contribution >= 0.6 is 15.9 Å². The number of aryl methyl sites for hydroxylation is 1. The molecule has 0 bridgehead atoms. The summed E-state index contributed by atoms with van der Waals surface area (Å²) >= 11 is 3.47. The predicted molar refractivity (Wildman–Crippen MR) is 68.5 cm³/mol. The summed E-state index contributed by atoms with van der Waals surface area (Å²) in [5.41, 5.74) is 2.45. The molecule has 1 aromatic rings. The summed E-state index contributed by atoms with van der Waals surface area (Å²) in [5, 5.41) is 3.48. The number of hydrogen-bond donors (Lipinski definition) is 1. The molecule has 15 heavy (non-hydrogen) atoms. The molecular formula is C12H18BrNO. The highest BCUT2D eigenvalue weighted by molar-refractivity contribution is 9.10. The minimum absolute atomic E-state index is 0.429. The predicted octanol–water partition coefficient (Wildman–Crippen LogP) is 3.59. The van der Waals surface area contributed by atoms with Crippen LogP contribution in [0.3, 0.4) is 0 Å². The van der Waals surface area contributed by atoms with E-state index in [0.717, 1.165) is 17.5 Å². The van der Waals surface area contributed by atoms with Gasteiger partial charge in [-0.15, -0.1) is 0 Å². The first-order chi connectivity index (χ1) is 7.13. The molecule has 0 aliphatic carbocycles. The Morgan fingerprint density at radius 3 is 2.87 bits per heavy atom. The Hall–Kier alpha value is -0.540. The fourth-order valence-electron chi connectivity index (χ4n) is 1.38. The SMILES string of the molecule is COCCC(C)Nc1cc(Br)ccc1C. The molecule has 0 fully saturated rings. The fourth-order valence-corrected chi connectivity index (χ4v) is 1.74. The quantitative estimate of drug-likeness (QED) is 0.884. The van der Waals surface area contributed by atoms with Gasteiger partial charge in [0, 0.05) is 29.9 Å². The first-order valence-electron chi connectivity index (χ1n) is 5.15. The maximum Gasteiger partial charge on any atom is 0.0481 e. The second-order valence-corrected chi connectivity index (χ2v) is 4.70. The van der Waals surface area contributed by atoms with Crippen LogP contribution in [-0.2, 0) is 4.74 Å². The smallest absolute Gasteiger partial charge is 0.0481 e. The number of halogens is 1. The van der Waals surface area contributed by atoms with Crippen LogP contribution in [-0.4, -0.2) is 19.8 Å². The van der Waals surface area contributed by atoms with Crippen molar-refractivity contribution in [3.05, 3.63) is 28.2 Å². The van der Waals surface area contributed by atoms with Gasteiger partial charge in [-0.25, -0.2) is 0 Å². The Morgan fingerprint density at radius 1 is 1.47 bits per heavy atom. The molecule has 0 radical (unpaired) electrons. The van der Waals surface area contributed by atoms with Crippen LogP contribution in [0.25, 0.3) is 0 Å². The molecule has 2 nitrogen and oxygen atoms in total. The van der Waals surface area contributed by atoms with Crippen LogP contribution < -0.4 is 5.32 Å². The first-order valence-corrected chi connectivity index (χ1v) is 5.94. The minimum atomic E-state index is 0.429. The van der Waals surface area contributed by atoms with Gasteiger partial charge in [0.25, 0.3) is 0 Å². The third-order valence-corrected chi connectivity index (χ3v) is 2.85. The van der Waals surface area contributed by atoms with E-state index in [-0.39, 0.29) is 0 Å². The monoisotopic (exact) mass is 271 g/mol. The lowest BCUT2D eigenvalue weighted by Crippen LogP contribution is -2.17. The number of hydrogen-bond acceptors (Lipinski definition) is 2. The van der Waals surface area contributed by atoms with Gasteiger partial charge in [-0.2, -0.15) is 0 Å². The summed E-state index contributed by atoms with van der Waals surface area (Å²) in [4.78, 5) is 0. The summed E-state index contributed by atoms with van der Waals surface area (Å²) in [6.45, 7) is 5.07. The zero-order valence-corrected chi connectivity index (χ0v) is 11.1. The van der Waals surface area contributed by atoms with Gasteiger partial charge in [0.2, 0.25) is 0 Å². The Labute approximate surface area is 100 Å². The van der Waals surface area contributed by atoms with E-state index in [1.807, 2.05) is 0 Å². The van der Waals surface area contributed by atoms with Crippen molar-refractivity contribution in [3.8, 4) is 0 Å². The highest BCUT2D eigenvalue weighted by Gasteiger charge is 2.04. The number of benzene rings is 1. The van der Waals surface area contributed by atoms with Crippen molar-refractivity contribution in [3.63, 3.8) is 0 Å². The number of ether oxygens (including phenoxy) is 1. The Balaban J connectivity index is 2.59. The van der Waals surface area contributed by atoms with E-state index in [1.54, 1.807) is 7.11 Å². The average Bonchev–Trinajstić information content (AvgIpc) is 2.20. The maximum atomic E-state index is 5.05. The van der Waals surface area contributed by atoms with E-state index < -0.39 is 0 Å². The molecule has 1 atom stereocenters. The third-order valence-electron chi connectivity index (χ3n) is 2.36. The van der Waals surface area contributed by atoms with Crippen LogP contribution in [0, 0.1) is 6.92 Å². The maximum absolute atomic E-state index is 5.05. The first kappa shape index (κ1) is 12.5. The lowest BCUT2D eigenvalue weighted by molar-refractivity contribution is 0.191. The van der Waals surface area contributed by atoms with Gasteiger partial charge in [0.05, 0.1) is 0 Å². The van der Waals surface area contributed by atoms with Crippen LogP contribution in [0.15, 0.2) is 22.7 Å². The summed E-state index contributed by atoms with van der Waals surface area (Å²) < 4.78 is 6.16. The second kappa shape index (κ2) is 6.13. The average molecular weight is 272 g/mol. The van der Waals surface area contributed by atoms with Crippen molar-refractivity contribution in [1.29, 1.82) is 0 Å². The number of rotatable bonds is 5. The molecule has 1 N–H and O–H groups in total. The molecule has 0 saturated carbocycles. The molecule has 0 saturated heterocycles. The van der Waals surface area contributed by atoms with Gasteiger partial charge in [-0.3, -0.25) is 0 Å². The van der Waals surface area contributed by atoms with Crippen molar-refractivity contribution in [1.82, 2.24) is 0 Å². The molecule has 1 unspecified atom stereocenters. The molecular weight excluding hydrogens is 254 g/mol. The van der Waals surface area contributed by atoms with Gasteiger partial charge in [-0.05, 0) is 38.0 Å².